The molecule has 2 heterocycles. The molecule has 1 aliphatic heterocycles. The number of morpholine rings is 1. The molecule has 1 saturated heterocycles. The number of ether oxygens (including phenoxy) is 1. The van der Waals surface area contributed by atoms with E-state index in [0.717, 1.165) is 37.2 Å². The Morgan fingerprint density at radius 1 is 1.17 bits per heavy atom. The Labute approximate surface area is 141 Å². The Hall–Kier alpha value is -1.50. The third-order valence-corrected chi connectivity index (χ3v) is 4.39. The first-order valence-corrected chi connectivity index (χ1v) is 8.31. The first kappa shape index (κ1) is 16.4. The molecule has 0 unspecified atom stereocenters. The molecule has 1 aliphatic rings. The van der Waals surface area contributed by atoms with Gasteiger partial charge in [0.05, 0.1) is 18.8 Å². The van der Waals surface area contributed by atoms with E-state index in [9.17, 15) is 0 Å². The lowest BCUT2D eigenvalue weighted by molar-refractivity contribution is -0.933. The predicted molar refractivity (Wildman–Crippen MR) is 87.6 cm³/mol. The van der Waals surface area contributed by atoms with Crippen molar-refractivity contribution in [2.75, 3.05) is 26.3 Å². The zero-order valence-electron chi connectivity index (χ0n) is 13.8. The van der Waals surface area contributed by atoms with Gasteiger partial charge >= 0.3 is 0 Å². The number of aromatic nitrogens is 4. The summed E-state index contributed by atoms with van der Waals surface area (Å²) >= 11 is 6.06. The molecule has 124 valence electrons. The normalized spacial score (nSPS) is 18.1. The smallest absolute Gasteiger partial charge is 0.214 e. The number of quaternary nitrogens is 1. The Balaban J connectivity index is 2.05. The minimum absolute atomic E-state index is 0.0744. The quantitative estimate of drug-likeness (QED) is 0.911. The highest BCUT2D eigenvalue weighted by atomic mass is 35.5. The summed E-state index contributed by atoms with van der Waals surface area (Å²) in [7, 11) is 0. The van der Waals surface area contributed by atoms with Gasteiger partial charge in [-0.1, -0.05) is 23.7 Å². The molecular weight excluding hydrogens is 314 g/mol. The van der Waals surface area contributed by atoms with Crippen LogP contribution in [0.2, 0.25) is 5.02 Å². The molecule has 23 heavy (non-hydrogen) atoms. The topological polar surface area (TPSA) is 57.3 Å². The van der Waals surface area contributed by atoms with E-state index in [0.29, 0.717) is 0 Å². The number of nitrogens with zero attached hydrogens (tertiary/aromatic N) is 4. The second kappa shape index (κ2) is 6.55. The maximum Gasteiger partial charge on any atom is 0.214 e. The third kappa shape index (κ3) is 3.54. The van der Waals surface area contributed by atoms with Gasteiger partial charge in [-0.3, -0.25) is 0 Å². The van der Waals surface area contributed by atoms with Crippen LogP contribution in [-0.2, 0) is 10.3 Å². The molecule has 3 rings (SSSR count). The van der Waals surface area contributed by atoms with Crippen LogP contribution >= 0.6 is 11.6 Å². The molecule has 0 radical (unpaired) electrons. The third-order valence-electron chi connectivity index (χ3n) is 4.13. The number of rotatable bonds is 3. The monoisotopic (exact) mass is 336 g/mol. The van der Waals surface area contributed by atoms with Crippen LogP contribution in [0, 0.1) is 0 Å². The van der Waals surface area contributed by atoms with Gasteiger partial charge in [0.15, 0.2) is 6.04 Å². The van der Waals surface area contributed by atoms with Crippen molar-refractivity contribution in [1.82, 2.24) is 20.2 Å². The van der Waals surface area contributed by atoms with Crippen molar-refractivity contribution in [2.24, 2.45) is 0 Å². The summed E-state index contributed by atoms with van der Waals surface area (Å²) in [4.78, 5) is 1.42. The maximum atomic E-state index is 6.06. The number of hydrogen-bond acceptors (Lipinski definition) is 4. The highest BCUT2D eigenvalue weighted by Crippen LogP contribution is 2.23. The molecule has 7 heteroatoms. The lowest BCUT2D eigenvalue weighted by Crippen LogP contribution is -3.14. The van der Waals surface area contributed by atoms with Crippen LogP contribution in [0.1, 0.15) is 38.2 Å². The van der Waals surface area contributed by atoms with Gasteiger partial charge in [0.1, 0.15) is 13.1 Å². The minimum atomic E-state index is -0.171. The van der Waals surface area contributed by atoms with Gasteiger partial charge in [-0.25, -0.2) is 4.68 Å². The average Bonchev–Trinajstić information content (AvgIpc) is 3.00. The second-order valence-electron chi connectivity index (χ2n) is 6.87. The fourth-order valence-electron chi connectivity index (χ4n) is 3.00. The van der Waals surface area contributed by atoms with Crippen LogP contribution in [-0.4, -0.2) is 46.5 Å². The Bertz CT molecular complexity index is 643. The van der Waals surface area contributed by atoms with Crippen molar-refractivity contribution in [3.05, 3.63) is 40.7 Å². The Morgan fingerprint density at radius 2 is 1.83 bits per heavy atom. The van der Waals surface area contributed by atoms with Crippen molar-refractivity contribution >= 4 is 11.6 Å². The van der Waals surface area contributed by atoms with Gasteiger partial charge in [-0.15, -0.1) is 5.10 Å². The van der Waals surface area contributed by atoms with E-state index in [4.69, 9.17) is 16.3 Å². The molecule has 1 aromatic heterocycles. The molecule has 1 atom stereocenters. The van der Waals surface area contributed by atoms with Gasteiger partial charge in [0.25, 0.3) is 0 Å². The van der Waals surface area contributed by atoms with Crippen LogP contribution in [0.5, 0.6) is 0 Å². The fraction of sp³-hybridized carbons (Fsp3) is 0.562. The standard InChI is InChI=1S/C16H22ClN5O/c1-16(2,3)22-15(18-19-20-22)14(21-8-10-23-11-9-21)12-4-6-13(17)7-5-12/h4-7,14H,8-11H2,1-3H3/p+1/t14-/m1/s1. The summed E-state index contributed by atoms with van der Waals surface area (Å²) < 4.78 is 7.44. The van der Waals surface area contributed by atoms with Gasteiger partial charge in [-0.05, 0) is 43.3 Å². The summed E-state index contributed by atoms with van der Waals surface area (Å²) in [5, 5.41) is 13.3. The summed E-state index contributed by atoms with van der Waals surface area (Å²) in [6.45, 7) is 9.73. The second-order valence-corrected chi connectivity index (χ2v) is 7.31. The molecule has 0 aliphatic carbocycles. The number of nitrogens with one attached hydrogen (secondary N) is 1. The van der Waals surface area contributed by atoms with Crippen molar-refractivity contribution < 1.29 is 9.64 Å². The van der Waals surface area contributed by atoms with Crippen LogP contribution < -0.4 is 4.90 Å². The number of tetrazole rings is 1. The van der Waals surface area contributed by atoms with Crippen LogP contribution in [0.4, 0.5) is 0 Å². The van der Waals surface area contributed by atoms with Crippen molar-refractivity contribution in [1.29, 1.82) is 0 Å². The molecule has 0 spiro atoms. The first-order valence-electron chi connectivity index (χ1n) is 7.93. The van der Waals surface area contributed by atoms with E-state index in [1.54, 1.807) is 0 Å². The maximum absolute atomic E-state index is 6.06. The number of hydrogen-bond donors (Lipinski definition) is 1. The Kier molecular flexibility index (Phi) is 4.66. The lowest BCUT2D eigenvalue weighted by Gasteiger charge is -2.32. The Morgan fingerprint density at radius 3 is 2.43 bits per heavy atom. The SMILES string of the molecule is CC(C)(C)n1nnnc1[C@@H](c1ccc(Cl)cc1)[NH+]1CCOCC1. The first-order chi connectivity index (χ1) is 11.0. The van der Waals surface area contributed by atoms with E-state index in [1.165, 1.54) is 10.5 Å². The van der Waals surface area contributed by atoms with E-state index >= 15 is 0 Å². The summed E-state index contributed by atoms with van der Waals surface area (Å²) in [6, 6.07) is 8.06. The van der Waals surface area contributed by atoms with E-state index < -0.39 is 0 Å². The molecule has 2 aromatic rings. The molecule has 0 amide bonds. The number of benzene rings is 1. The minimum Gasteiger partial charge on any atom is -0.370 e. The van der Waals surface area contributed by atoms with Gasteiger partial charge in [0.2, 0.25) is 5.82 Å². The van der Waals surface area contributed by atoms with Crippen LogP contribution in [0.15, 0.2) is 24.3 Å². The molecule has 1 fully saturated rings. The van der Waals surface area contributed by atoms with Gasteiger partial charge in [0, 0.05) is 10.6 Å². The zero-order chi connectivity index (χ0) is 16.4. The van der Waals surface area contributed by atoms with Crippen molar-refractivity contribution in [3.8, 4) is 0 Å². The van der Waals surface area contributed by atoms with E-state index in [-0.39, 0.29) is 11.6 Å². The molecule has 1 aromatic carbocycles. The average molecular weight is 337 g/mol. The molecule has 0 bridgehead atoms. The lowest BCUT2D eigenvalue weighted by atomic mass is 10.0. The van der Waals surface area contributed by atoms with E-state index in [1.807, 2.05) is 16.8 Å². The van der Waals surface area contributed by atoms with Crippen LogP contribution in [0.25, 0.3) is 0 Å². The highest BCUT2D eigenvalue weighted by molar-refractivity contribution is 6.30. The summed E-state index contributed by atoms with van der Waals surface area (Å²) in [5.41, 5.74) is 1.00. The molecule has 6 nitrogen and oxygen atoms in total. The fourth-order valence-corrected chi connectivity index (χ4v) is 3.12. The molecular formula is C16H23ClN5O+. The molecule has 0 saturated carbocycles. The summed E-state index contributed by atoms with van der Waals surface area (Å²) in [5.74, 6) is 0.886. The predicted octanol–water partition coefficient (Wildman–Crippen LogP) is 1.09. The zero-order valence-corrected chi connectivity index (χ0v) is 14.5. The molecule has 1 N–H and O–H groups in total. The van der Waals surface area contributed by atoms with Gasteiger partial charge in [-0.2, -0.15) is 0 Å². The number of halogens is 1. The van der Waals surface area contributed by atoms with Crippen molar-refractivity contribution in [3.63, 3.8) is 0 Å². The van der Waals surface area contributed by atoms with Crippen molar-refractivity contribution in [2.45, 2.75) is 32.4 Å². The van der Waals surface area contributed by atoms with Gasteiger partial charge < -0.3 is 9.64 Å². The van der Waals surface area contributed by atoms with E-state index in [2.05, 4.69) is 48.4 Å². The van der Waals surface area contributed by atoms with Crippen LogP contribution in [0.3, 0.4) is 0 Å². The highest BCUT2D eigenvalue weighted by Gasteiger charge is 2.35. The summed E-state index contributed by atoms with van der Waals surface area (Å²) in [6.07, 6.45) is 0. The largest absolute Gasteiger partial charge is 0.370 e.